The summed E-state index contributed by atoms with van der Waals surface area (Å²) in [5.41, 5.74) is 1.09. The molecule has 0 N–H and O–H groups in total. The molecule has 3 fully saturated rings. The van der Waals surface area contributed by atoms with Crippen LogP contribution in [0.2, 0.25) is 0 Å². The Bertz CT molecular complexity index is 797. The second-order valence-corrected chi connectivity index (χ2v) is 11.0. The number of rotatable bonds is 5. The van der Waals surface area contributed by atoms with Crippen LogP contribution in [0.1, 0.15) is 25.3 Å². The number of methoxy groups -OCH3 is 1. The zero-order valence-corrected chi connectivity index (χ0v) is 18.3. The number of hydrogen-bond donors (Lipinski definition) is 0. The summed E-state index contributed by atoms with van der Waals surface area (Å²) in [4.78, 5) is 42.5. The molecule has 1 aromatic rings. The van der Waals surface area contributed by atoms with E-state index in [1.807, 2.05) is 53.9 Å². The number of amides is 2. The van der Waals surface area contributed by atoms with Crippen LogP contribution in [0.3, 0.4) is 0 Å². The topological polar surface area (TPSA) is 66.9 Å². The lowest BCUT2D eigenvalue weighted by Crippen LogP contribution is -2.65. The van der Waals surface area contributed by atoms with Gasteiger partial charge in [0.2, 0.25) is 11.8 Å². The number of aryl methyl sites for hydroxylation is 1. The first kappa shape index (κ1) is 20.6. The zero-order chi connectivity index (χ0) is 20.6. The maximum atomic E-state index is 13.5. The van der Waals surface area contributed by atoms with Crippen molar-refractivity contribution in [2.45, 2.75) is 48.4 Å². The first-order valence-electron chi connectivity index (χ1n) is 9.98. The van der Waals surface area contributed by atoms with Gasteiger partial charge in [0.1, 0.15) is 18.1 Å². The summed E-state index contributed by atoms with van der Waals surface area (Å²) >= 11 is 3.72. The minimum Gasteiger partial charge on any atom is -0.467 e. The number of benzene rings is 1. The van der Waals surface area contributed by atoms with E-state index >= 15 is 0 Å². The van der Waals surface area contributed by atoms with E-state index in [0.29, 0.717) is 25.8 Å². The molecule has 0 aliphatic carbocycles. The molecular formula is C21H26N2O4S2. The first-order chi connectivity index (χ1) is 14.0. The van der Waals surface area contributed by atoms with E-state index in [0.717, 1.165) is 17.1 Å². The third-order valence-electron chi connectivity index (χ3n) is 6.06. The van der Waals surface area contributed by atoms with Gasteiger partial charge in [-0.25, -0.2) is 4.79 Å². The number of thioether (sulfide) groups is 2. The van der Waals surface area contributed by atoms with E-state index in [4.69, 9.17) is 4.74 Å². The van der Waals surface area contributed by atoms with Crippen molar-refractivity contribution in [3.8, 4) is 0 Å². The van der Waals surface area contributed by atoms with Crippen molar-refractivity contribution in [3.63, 3.8) is 0 Å². The minimum atomic E-state index is -0.755. The van der Waals surface area contributed by atoms with Crippen LogP contribution in [0.5, 0.6) is 0 Å². The molecule has 29 heavy (non-hydrogen) atoms. The van der Waals surface area contributed by atoms with Gasteiger partial charge in [-0.05, 0) is 25.3 Å². The molecule has 3 atom stereocenters. The van der Waals surface area contributed by atoms with Gasteiger partial charge in [0.15, 0.2) is 0 Å². The number of piperazine rings is 1. The fourth-order valence-electron chi connectivity index (χ4n) is 4.60. The highest BCUT2D eigenvalue weighted by atomic mass is 32.2. The first-order valence-corrected chi connectivity index (χ1v) is 12.0. The predicted molar refractivity (Wildman–Crippen MR) is 115 cm³/mol. The van der Waals surface area contributed by atoms with Crippen molar-refractivity contribution < 1.29 is 19.1 Å². The molecule has 3 aliphatic rings. The zero-order valence-electron chi connectivity index (χ0n) is 16.7. The van der Waals surface area contributed by atoms with E-state index in [9.17, 15) is 14.4 Å². The average molecular weight is 435 g/mol. The number of carbonyl (C=O) groups excluding carboxylic acids is 3. The van der Waals surface area contributed by atoms with Crippen molar-refractivity contribution in [2.24, 2.45) is 0 Å². The van der Waals surface area contributed by atoms with E-state index in [-0.39, 0.29) is 15.9 Å². The Kier molecular flexibility index (Phi) is 5.84. The molecule has 156 valence electrons. The van der Waals surface area contributed by atoms with Gasteiger partial charge in [-0.3, -0.25) is 9.59 Å². The van der Waals surface area contributed by atoms with Gasteiger partial charge in [-0.2, -0.15) is 0 Å². The van der Waals surface area contributed by atoms with Crippen LogP contribution in [0, 0.1) is 0 Å². The maximum Gasteiger partial charge on any atom is 0.328 e. The maximum absolute atomic E-state index is 13.5. The molecule has 3 aliphatic heterocycles. The van der Waals surface area contributed by atoms with Gasteiger partial charge in [0, 0.05) is 24.5 Å². The molecule has 0 bridgehead atoms. The second kappa shape index (κ2) is 8.22. The summed E-state index contributed by atoms with van der Waals surface area (Å²) < 4.78 is 4.95. The second-order valence-electron chi connectivity index (χ2n) is 7.78. The molecule has 3 saturated heterocycles. The highest BCUT2D eigenvalue weighted by Gasteiger charge is 2.57. The number of hydrogen-bond acceptors (Lipinski definition) is 6. The highest BCUT2D eigenvalue weighted by Crippen LogP contribution is 2.53. The number of carbonyl (C=O) groups is 3. The molecule has 1 unspecified atom stereocenters. The monoisotopic (exact) mass is 434 g/mol. The van der Waals surface area contributed by atoms with Crippen molar-refractivity contribution in [1.29, 1.82) is 0 Å². The molecular weight excluding hydrogens is 408 g/mol. The molecule has 4 rings (SSSR count). The van der Waals surface area contributed by atoms with E-state index in [1.165, 1.54) is 12.0 Å². The van der Waals surface area contributed by atoms with E-state index < -0.39 is 24.1 Å². The van der Waals surface area contributed by atoms with Crippen molar-refractivity contribution in [2.75, 3.05) is 25.2 Å². The molecule has 0 saturated carbocycles. The molecule has 0 radical (unpaired) electrons. The van der Waals surface area contributed by atoms with Crippen molar-refractivity contribution in [1.82, 2.24) is 9.80 Å². The molecule has 1 spiro atoms. The van der Waals surface area contributed by atoms with Gasteiger partial charge >= 0.3 is 5.97 Å². The SMILES string of the molecule is COC(=O)[C@@H](CCc1ccccc1)N1C(=O)C2CC3(CN2C(=O)[C@@H]1C)SCCS3. The fourth-order valence-corrected chi connectivity index (χ4v) is 7.85. The van der Waals surface area contributed by atoms with Gasteiger partial charge in [0.25, 0.3) is 0 Å². The van der Waals surface area contributed by atoms with Crippen LogP contribution in [0.4, 0.5) is 0 Å². The summed E-state index contributed by atoms with van der Waals surface area (Å²) in [6.45, 7) is 2.34. The van der Waals surface area contributed by atoms with Crippen LogP contribution in [-0.4, -0.2) is 74.9 Å². The van der Waals surface area contributed by atoms with Crippen molar-refractivity contribution in [3.05, 3.63) is 35.9 Å². The number of ether oxygens (including phenoxy) is 1. The van der Waals surface area contributed by atoms with Crippen LogP contribution in [0.15, 0.2) is 30.3 Å². The van der Waals surface area contributed by atoms with Crippen LogP contribution in [-0.2, 0) is 25.5 Å². The largest absolute Gasteiger partial charge is 0.467 e. The Balaban J connectivity index is 1.57. The van der Waals surface area contributed by atoms with E-state index in [2.05, 4.69) is 0 Å². The van der Waals surface area contributed by atoms with Crippen LogP contribution >= 0.6 is 23.5 Å². The highest BCUT2D eigenvalue weighted by molar-refractivity contribution is 8.21. The Morgan fingerprint density at radius 2 is 1.90 bits per heavy atom. The summed E-state index contributed by atoms with van der Waals surface area (Å²) in [7, 11) is 1.33. The predicted octanol–water partition coefficient (Wildman–Crippen LogP) is 2.17. The normalized spacial score (nSPS) is 26.7. The Labute approximate surface area is 179 Å². The molecule has 0 aromatic heterocycles. The lowest BCUT2D eigenvalue weighted by atomic mass is 9.98. The Hall–Kier alpha value is -1.67. The Morgan fingerprint density at radius 3 is 2.55 bits per heavy atom. The number of esters is 1. The van der Waals surface area contributed by atoms with E-state index in [1.54, 1.807) is 11.8 Å². The van der Waals surface area contributed by atoms with Gasteiger partial charge < -0.3 is 14.5 Å². The molecule has 6 nitrogen and oxygen atoms in total. The molecule has 3 heterocycles. The fraction of sp³-hybridized carbons (Fsp3) is 0.571. The van der Waals surface area contributed by atoms with Crippen LogP contribution < -0.4 is 0 Å². The number of nitrogens with zero attached hydrogens (tertiary/aromatic N) is 2. The molecule has 8 heteroatoms. The summed E-state index contributed by atoms with van der Waals surface area (Å²) in [5, 5.41) is 0. The average Bonchev–Trinajstić information content (AvgIpc) is 3.36. The lowest BCUT2D eigenvalue weighted by molar-refractivity contribution is -0.168. The van der Waals surface area contributed by atoms with Gasteiger partial charge in [-0.1, -0.05) is 30.3 Å². The number of fused-ring (bicyclic) bond motifs is 1. The molecule has 2 amide bonds. The van der Waals surface area contributed by atoms with Gasteiger partial charge in [-0.15, -0.1) is 23.5 Å². The summed E-state index contributed by atoms with van der Waals surface area (Å²) in [6, 6.07) is 7.96. The van der Waals surface area contributed by atoms with Crippen LogP contribution in [0.25, 0.3) is 0 Å². The third-order valence-corrected chi connectivity index (χ3v) is 9.49. The Morgan fingerprint density at radius 1 is 1.21 bits per heavy atom. The summed E-state index contributed by atoms with van der Waals surface area (Å²) in [5.74, 6) is 1.46. The summed E-state index contributed by atoms with van der Waals surface area (Å²) in [6.07, 6.45) is 1.72. The lowest BCUT2D eigenvalue weighted by Gasteiger charge is -2.43. The van der Waals surface area contributed by atoms with Crippen molar-refractivity contribution >= 4 is 41.3 Å². The standard InChI is InChI=1S/C21H26N2O4S2/c1-14-18(24)22-13-21(28-10-11-29-21)12-17(22)19(25)23(14)16(20(26)27-2)9-8-15-6-4-3-5-7-15/h3-7,14,16-17H,8-13H2,1-2H3/t14-,16+,17?/m0/s1. The van der Waals surface area contributed by atoms with Gasteiger partial charge in [0.05, 0.1) is 11.2 Å². The third kappa shape index (κ3) is 3.77. The minimum absolute atomic E-state index is 0.0619. The quantitative estimate of drug-likeness (QED) is 0.662. The molecule has 1 aromatic carbocycles. The smallest absolute Gasteiger partial charge is 0.328 e.